The van der Waals surface area contributed by atoms with Crippen molar-refractivity contribution in [3.05, 3.63) is 80.7 Å². The van der Waals surface area contributed by atoms with Gasteiger partial charge in [0.1, 0.15) is 11.6 Å². The first-order chi connectivity index (χ1) is 19.3. The fraction of sp³-hybridized carbons (Fsp3) is 0.222. The van der Waals surface area contributed by atoms with Crippen LogP contribution < -0.4 is 20.7 Å². The molecule has 2 heterocycles. The molecule has 0 spiro atoms. The number of benzene rings is 2. The fourth-order valence-electron chi connectivity index (χ4n) is 4.73. The van der Waals surface area contributed by atoms with Gasteiger partial charge in [0, 0.05) is 39.0 Å². The highest BCUT2D eigenvalue weighted by Gasteiger charge is 2.42. The largest absolute Gasteiger partial charge is 0.497 e. The van der Waals surface area contributed by atoms with Crippen molar-refractivity contribution in [1.82, 2.24) is 10.2 Å². The van der Waals surface area contributed by atoms with Gasteiger partial charge in [-0.1, -0.05) is 52.4 Å². The van der Waals surface area contributed by atoms with E-state index in [0.717, 1.165) is 0 Å². The molecule has 0 saturated heterocycles. The van der Waals surface area contributed by atoms with Crippen molar-refractivity contribution >= 4 is 68.8 Å². The fourth-order valence-corrected chi connectivity index (χ4v) is 7.03. The maximum atomic E-state index is 13.3. The number of thioether (sulfide) groups is 1. The van der Waals surface area contributed by atoms with Crippen molar-refractivity contribution in [3.63, 3.8) is 0 Å². The van der Waals surface area contributed by atoms with Gasteiger partial charge in [0.2, 0.25) is 11.0 Å². The molecule has 13 heteroatoms. The minimum absolute atomic E-state index is 0.0956. The standard InChI is InChI=1S/C27H22Cl2N6O3S2/c1-38-15-10-8-14(9-11-15)32-21(37)13-39-27-34-33-26(40-27)35-19-6-3-7-20(36)24(19)22(16(12-30)25(35)31)23-17(28)4-2-5-18(23)29/h2,4-5,8-11,22H,3,6-7,13,31H2,1H3,(H,32,37). The second-order valence-electron chi connectivity index (χ2n) is 8.87. The Bertz CT molecular complexity index is 1580. The minimum atomic E-state index is -0.784. The Morgan fingerprint density at radius 1 is 1.23 bits per heavy atom. The predicted octanol–water partition coefficient (Wildman–Crippen LogP) is 5.89. The van der Waals surface area contributed by atoms with E-state index in [0.29, 0.717) is 67.0 Å². The van der Waals surface area contributed by atoms with Crippen LogP contribution in [-0.4, -0.2) is 34.8 Å². The van der Waals surface area contributed by atoms with E-state index in [-0.39, 0.29) is 28.8 Å². The van der Waals surface area contributed by atoms with Gasteiger partial charge in [-0.05, 0) is 49.2 Å². The number of carbonyl (C=O) groups excluding carboxylic acids is 2. The van der Waals surface area contributed by atoms with Crippen LogP contribution in [-0.2, 0) is 9.59 Å². The Labute approximate surface area is 248 Å². The topological polar surface area (TPSA) is 134 Å². The molecule has 0 fully saturated rings. The molecule has 0 bridgehead atoms. The first kappa shape index (κ1) is 28.0. The summed E-state index contributed by atoms with van der Waals surface area (Å²) in [5.41, 5.74) is 8.97. The number of anilines is 2. The van der Waals surface area contributed by atoms with E-state index in [1.54, 1.807) is 54.5 Å². The number of aromatic nitrogens is 2. The molecule has 0 saturated carbocycles. The lowest BCUT2D eigenvalue weighted by Crippen LogP contribution is -2.38. The summed E-state index contributed by atoms with van der Waals surface area (Å²) in [6.07, 6.45) is 1.51. The van der Waals surface area contributed by atoms with Crippen LogP contribution in [0.3, 0.4) is 0 Å². The molecule has 2 aliphatic rings. The smallest absolute Gasteiger partial charge is 0.234 e. The summed E-state index contributed by atoms with van der Waals surface area (Å²) in [5, 5.41) is 22.6. The lowest BCUT2D eigenvalue weighted by atomic mass is 9.75. The number of nitrogens with zero attached hydrogens (tertiary/aromatic N) is 4. The molecular weight excluding hydrogens is 591 g/mol. The number of ketones is 1. The number of allylic oxidation sites excluding steroid dienone is 3. The Kier molecular flexibility index (Phi) is 8.32. The molecule has 5 rings (SSSR count). The Balaban J connectivity index is 1.42. The molecule has 2 aromatic carbocycles. The summed E-state index contributed by atoms with van der Waals surface area (Å²) in [7, 11) is 1.57. The second-order valence-corrected chi connectivity index (χ2v) is 11.9. The van der Waals surface area contributed by atoms with Crippen LogP contribution in [0.4, 0.5) is 10.8 Å². The lowest BCUT2D eigenvalue weighted by Gasteiger charge is -2.38. The summed E-state index contributed by atoms with van der Waals surface area (Å²) in [4.78, 5) is 27.4. The van der Waals surface area contributed by atoms with Crippen molar-refractivity contribution in [2.45, 2.75) is 29.5 Å². The maximum Gasteiger partial charge on any atom is 0.234 e. The van der Waals surface area contributed by atoms with Gasteiger partial charge in [-0.25, -0.2) is 0 Å². The molecule has 3 N–H and O–H groups in total. The molecular formula is C27H22Cl2N6O3S2. The summed E-state index contributed by atoms with van der Waals surface area (Å²) < 4.78 is 5.67. The van der Waals surface area contributed by atoms with E-state index < -0.39 is 5.92 Å². The molecule has 1 atom stereocenters. The zero-order valence-electron chi connectivity index (χ0n) is 21.1. The molecule has 9 nitrogen and oxygen atoms in total. The third-order valence-corrected chi connectivity index (χ3v) is 9.19. The van der Waals surface area contributed by atoms with E-state index in [9.17, 15) is 14.9 Å². The second kappa shape index (κ2) is 11.9. The van der Waals surface area contributed by atoms with Crippen molar-refractivity contribution in [1.29, 1.82) is 5.26 Å². The number of ether oxygens (including phenoxy) is 1. The van der Waals surface area contributed by atoms with Crippen LogP contribution in [0, 0.1) is 11.3 Å². The number of Topliss-reactive ketones (excluding diaryl/α,β-unsaturated/α-hetero) is 1. The summed E-state index contributed by atoms with van der Waals surface area (Å²) in [6, 6.07) is 14.3. The number of methoxy groups -OCH3 is 1. The van der Waals surface area contributed by atoms with Gasteiger partial charge in [-0.2, -0.15) is 5.26 Å². The van der Waals surface area contributed by atoms with E-state index >= 15 is 0 Å². The molecule has 1 aliphatic carbocycles. The molecule has 204 valence electrons. The number of amides is 1. The lowest BCUT2D eigenvalue weighted by molar-refractivity contribution is -0.116. The Hall–Kier alpha value is -3.56. The number of halogens is 2. The van der Waals surface area contributed by atoms with Gasteiger partial charge in [0.15, 0.2) is 10.1 Å². The van der Waals surface area contributed by atoms with E-state index in [4.69, 9.17) is 33.7 Å². The van der Waals surface area contributed by atoms with Crippen molar-refractivity contribution < 1.29 is 14.3 Å². The van der Waals surface area contributed by atoms with Gasteiger partial charge in [0.05, 0.1) is 30.4 Å². The molecule has 1 amide bonds. The number of rotatable bonds is 7. The van der Waals surface area contributed by atoms with E-state index in [1.807, 2.05) is 0 Å². The van der Waals surface area contributed by atoms with Crippen LogP contribution in [0.2, 0.25) is 10.0 Å². The summed E-state index contributed by atoms with van der Waals surface area (Å²) in [5.74, 6) is -0.149. The van der Waals surface area contributed by atoms with E-state index in [2.05, 4.69) is 21.6 Å². The third-order valence-electron chi connectivity index (χ3n) is 6.49. The highest BCUT2D eigenvalue weighted by molar-refractivity contribution is 8.01. The quantitative estimate of drug-likeness (QED) is 0.313. The first-order valence-corrected chi connectivity index (χ1v) is 14.7. The molecule has 1 aromatic heterocycles. The Morgan fingerprint density at radius 2 is 1.95 bits per heavy atom. The van der Waals surface area contributed by atoms with Crippen LogP contribution in [0.1, 0.15) is 30.7 Å². The summed E-state index contributed by atoms with van der Waals surface area (Å²) in [6.45, 7) is 0. The SMILES string of the molecule is COc1ccc(NC(=O)CSc2nnc(N3C(N)=C(C#N)C(c4c(Cl)cccc4Cl)C4=C3CCCC4=O)s2)cc1. The summed E-state index contributed by atoms with van der Waals surface area (Å²) >= 11 is 15.5. The van der Waals surface area contributed by atoms with Crippen LogP contribution in [0.15, 0.2) is 69.5 Å². The van der Waals surface area contributed by atoms with Gasteiger partial charge < -0.3 is 15.8 Å². The molecule has 1 unspecified atom stereocenters. The van der Waals surface area contributed by atoms with Gasteiger partial charge in [0.25, 0.3) is 0 Å². The van der Waals surface area contributed by atoms with E-state index in [1.165, 1.54) is 23.1 Å². The highest BCUT2D eigenvalue weighted by atomic mass is 35.5. The van der Waals surface area contributed by atoms with Gasteiger partial charge in [-0.15, -0.1) is 10.2 Å². The van der Waals surface area contributed by atoms with Crippen molar-refractivity contribution in [2.75, 3.05) is 23.1 Å². The van der Waals surface area contributed by atoms with Gasteiger partial charge >= 0.3 is 0 Å². The number of hydrogen-bond acceptors (Lipinski definition) is 10. The monoisotopic (exact) mass is 612 g/mol. The minimum Gasteiger partial charge on any atom is -0.497 e. The van der Waals surface area contributed by atoms with Crippen LogP contribution >= 0.6 is 46.3 Å². The predicted molar refractivity (Wildman–Crippen MR) is 157 cm³/mol. The normalized spacial score (nSPS) is 17.0. The average Bonchev–Trinajstić information content (AvgIpc) is 3.41. The number of nitrogens with one attached hydrogen (secondary N) is 1. The highest BCUT2D eigenvalue weighted by Crippen LogP contribution is 2.49. The van der Waals surface area contributed by atoms with Crippen LogP contribution in [0.25, 0.3) is 0 Å². The molecule has 40 heavy (non-hydrogen) atoms. The van der Waals surface area contributed by atoms with Gasteiger partial charge in [-0.3, -0.25) is 14.5 Å². The van der Waals surface area contributed by atoms with Crippen molar-refractivity contribution in [3.8, 4) is 11.8 Å². The number of carbonyl (C=O) groups is 2. The first-order valence-electron chi connectivity index (χ1n) is 12.1. The molecule has 1 aliphatic heterocycles. The third kappa shape index (κ3) is 5.40. The maximum absolute atomic E-state index is 13.3. The molecule has 0 radical (unpaired) electrons. The molecule has 3 aromatic rings. The Morgan fingerprint density at radius 3 is 2.62 bits per heavy atom. The number of nitrogens with two attached hydrogens (primary N) is 1. The number of nitriles is 1. The zero-order valence-corrected chi connectivity index (χ0v) is 24.3. The van der Waals surface area contributed by atoms with Crippen molar-refractivity contribution in [2.24, 2.45) is 5.73 Å². The number of hydrogen-bond donors (Lipinski definition) is 2. The zero-order chi connectivity index (χ0) is 28.4. The average molecular weight is 614 g/mol. The van der Waals surface area contributed by atoms with Crippen LogP contribution in [0.5, 0.6) is 5.75 Å².